The molecule has 0 aliphatic carbocycles. The fourth-order valence-corrected chi connectivity index (χ4v) is 3.09. The van der Waals surface area contributed by atoms with Crippen LogP contribution in [0.15, 0.2) is 0 Å². The number of piperidine rings is 1. The number of hydrogen-bond donors (Lipinski definition) is 2. The average Bonchev–Trinajstić information content (AvgIpc) is 2.56. The Labute approximate surface area is 110 Å². The molecule has 2 aliphatic heterocycles. The first-order valence-corrected chi connectivity index (χ1v) is 7.53. The van der Waals surface area contributed by atoms with Gasteiger partial charge in [0.1, 0.15) is 0 Å². The van der Waals surface area contributed by atoms with Crippen LogP contribution in [0.25, 0.3) is 0 Å². The van der Waals surface area contributed by atoms with Crippen LogP contribution in [0, 0.1) is 0 Å². The summed E-state index contributed by atoms with van der Waals surface area (Å²) in [5.41, 5.74) is 0. The summed E-state index contributed by atoms with van der Waals surface area (Å²) in [7, 11) is 0. The minimum Gasteiger partial charge on any atom is -0.356 e. The zero-order valence-electron chi connectivity index (χ0n) is 11.6. The van der Waals surface area contributed by atoms with Crippen molar-refractivity contribution in [1.29, 1.82) is 0 Å². The third-order valence-electron chi connectivity index (χ3n) is 4.08. The molecule has 2 heterocycles. The van der Waals surface area contributed by atoms with Gasteiger partial charge in [0.05, 0.1) is 0 Å². The van der Waals surface area contributed by atoms with E-state index in [0.29, 0.717) is 18.5 Å². The zero-order chi connectivity index (χ0) is 12.8. The molecule has 2 N–H and O–H groups in total. The van der Waals surface area contributed by atoms with Gasteiger partial charge in [-0.3, -0.25) is 4.79 Å². The van der Waals surface area contributed by atoms with Crippen LogP contribution in [-0.2, 0) is 4.79 Å². The van der Waals surface area contributed by atoms with Crippen LogP contribution in [0.3, 0.4) is 0 Å². The second-order valence-electron chi connectivity index (χ2n) is 5.68. The molecular formula is C14H27N3O. The van der Waals surface area contributed by atoms with Gasteiger partial charge in [0.15, 0.2) is 0 Å². The van der Waals surface area contributed by atoms with Gasteiger partial charge in [-0.2, -0.15) is 0 Å². The highest BCUT2D eigenvalue weighted by Gasteiger charge is 2.23. The molecule has 0 saturated carbocycles. The molecule has 4 nitrogen and oxygen atoms in total. The van der Waals surface area contributed by atoms with Crippen LogP contribution in [-0.4, -0.2) is 49.1 Å². The lowest BCUT2D eigenvalue weighted by molar-refractivity contribution is -0.121. The van der Waals surface area contributed by atoms with Crippen molar-refractivity contribution >= 4 is 5.91 Å². The summed E-state index contributed by atoms with van der Waals surface area (Å²) in [4.78, 5) is 14.1. The van der Waals surface area contributed by atoms with Crippen LogP contribution in [0.1, 0.15) is 45.4 Å². The van der Waals surface area contributed by atoms with Crippen molar-refractivity contribution < 1.29 is 4.79 Å². The van der Waals surface area contributed by atoms with Gasteiger partial charge >= 0.3 is 0 Å². The van der Waals surface area contributed by atoms with E-state index in [0.717, 1.165) is 19.4 Å². The molecule has 0 radical (unpaired) electrons. The number of rotatable bonds is 4. The maximum atomic E-state index is 11.5. The SMILES string of the molecule is CCCN1CCC(NC2CCCNC(=O)C2)CC1. The Morgan fingerprint density at radius 1 is 1.28 bits per heavy atom. The first kappa shape index (κ1) is 13.8. The highest BCUT2D eigenvalue weighted by Crippen LogP contribution is 2.14. The predicted molar refractivity (Wildman–Crippen MR) is 73.5 cm³/mol. The fraction of sp³-hybridized carbons (Fsp3) is 0.929. The van der Waals surface area contributed by atoms with Crippen molar-refractivity contribution in [2.24, 2.45) is 0 Å². The molecular weight excluding hydrogens is 226 g/mol. The molecule has 4 heteroatoms. The maximum Gasteiger partial charge on any atom is 0.221 e. The third kappa shape index (κ3) is 4.25. The van der Waals surface area contributed by atoms with E-state index in [1.54, 1.807) is 0 Å². The largest absolute Gasteiger partial charge is 0.356 e. The van der Waals surface area contributed by atoms with Crippen LogP contribution < -0.4 is 10.6 Å². The van der Waals surface area contributed by atoms with Gasteiger partial charge in [-0.1, -0.05) is 6.92 Å². The van der Waals surface area contributed by atoms with Gasteiger partial charge in [0, 0.05) is 25.0 Å². The minimum absolute atomic E-state index is 0.216. The summed E-state index contributed by atoms with van der Waals surface area (Å²) in [5, 5.41) is 6.65. The highest BCUT2D eigenvalue weighted by molar-refractivity contribution is 5.76. The lowest BCUT2D eigenvalue weighted by Crippen LogP contribution is -2.46. The van der Waals surface area contributed by atoms with Gasteiger partial charge in [0.2, 0.25) is 5.91 Å². The Hall–Kier alpha value is -0.610. The summed E-state index contributed by atoms with van der Waals surface area (Å²) in [5.74, 6) is 0.216. The molecule has 0 aromatic rings. The molecule has 2 rings (SSSR count). The van der Waals surface area contributed by atoms with E-state index in [4.69, 9.17) is 0 Å². The Balaban J connectivity index is 1.71. The fourth-order valence-electron chi connectivity index (χ4n) is 3.09. The van der Waals surface area contributed by atoms with Crippen molar-refractivity contribution in [2.45, 2.75) is 57.5 Å². The lowest BCUT2D eigenvalue weighted by Gasteiger charge is -2.34. The normalized spacial score (nSPS) is 27.8. The van der Waals surface area contributed by atoms with Crippen molar-refractivity contribution in [2.75, 3.05) is 26.2 Å². The van der Waals surface area contributed by atoms with Crippen molar-refractivity contribution in [1.82, 2.24) is 15.5 Å². The van der Waals surface area contributed by atoms with Gasteiger partial charge in [-0.05, 0) is 51.7 Å². The second-order valence-corrected chi connectivity index (χ2v) is 5.68. The molecule has 0 aromatic carbocycles. The Kier molecular flexibility index (Phi) is 5.45. The number of carbonyl (C=O) groups excluding carboxylic acids is 1. The number of nitrogens with one attached hydrogen (secondary N) is 2. The van der Waals surface area contributed by atoms with E-state index >= 15 is 0 Å². The summed E-state index contributed by atoms with van der Waals surface area (Å²) < 4.78 is 0. The number of hydrogen-bond acceptors (Lipinski definition) is 3. The van der Waals surface area contributed by atoms with E-state index in [1.807, 2.05) is 0 Å². The van der Waals surface area contributed by atoms with E-state index in [2.05, 4.69) is 22.5 Å². The Bertz CT molecular complexity index is 262. The van der Waals surface area contributed by atoms with Crippen LogP contribution in [0.2, 0.25) is 0 Å². The molecule has 2 aliphatic rings. The molecule has 1 unspecified atom stereocenters. The molecule has 0 bridgehead atoms. The molecule has 104 valence electrons. The van der Waals surface area contributed by atoms with Crippen LogP contribution in [0.5, 0.6) is 0 Å². The minimum atomic E-state index is 0.216. The van der Waals surface area contributed by atoms with Gasteiger partial charge in [-0.15, -0.1) is 0 Å². The number of carbonyl (C=O) groups is 1. The van der Waals surface area contributed by atoms with E-state index in [9.17, 15) is 4.79 Å². The number of likely N-dealkylation sites (tertiary alicyclic amines) is 1. The monoisotopic (exact) mass is 253 g/mol. The third-order valence-corrected chi connectivity index (χ3v) is 4.08. The molecule has 18 heavy (non-hydrogen) atoms. The smallest absolute Gasteiger partial charge is 0.221 e. The van der Waals surface area contributed by atoms with Gasteiger partial charge in [-0.25, -0.2) is 0 Å². The average molecular weight is 253 g/mol. The standard InChI is InChI=1S/C14H27N3O/c1-2-8-17-9-5-12(6-10-17)16-13-4-3-7-15-14(18)11-13/h12-13,16H,2-11H2,1H3,(H,15,18). The molecule has 2 fully saturated rings. The summed E-state index contributed by atoms with van der Waals surface area (Å²) in [6.07, 6.45) is 6.62. The Morgan fingerprint density at radius 3 is 2.78 bits per heavy atom. The van der Waals surface area contributed by atoms with E-state index < -0.39 is 0 Å². The highest BCUT2D eigenvalue weighted by atomic mass is 16.1. The molecule has 0 aromatic heterocycles. The van der Waals surface area contributed by atoms with Gasteiger partial charge in [0.25, 0.3) is 0 Å². The number of nitrogens with zero attached hydrogens (tertiary/aromatic N) is 1. The zero-order valence-corrected chi connectivity index (χ0v) is 11.6. The van der Waals surface area contributed by atoms with E-state index in [1.165, 1.54) is 38.9 Å². The van der Waals surface area contributed by atoms with Crippen LogP contribution in [0.4, 0.5) is 0 Å². The molecule has 2 saturated heterocycles. The first-order chi connectivity index (χ1) is 8.78. The molecule has 0 spiro atoms. The topological polar surface area (TPSA) is 44.4 Å². The summed E-state index contributed by atoms with van der Waals surface area (Å²) in [6, 6.07) is 1.02. The molecule has 1 atom stereocenters. The second kappa shape index (κ2) is 7.10. The maximum absolute atomic E-state index is 11.5. The lowest BCUT2D eigenvalue weighted by atomic mass is 10.0. The predicted octanol–water partition coefficient (Wildman–Crippen LogP) is 1.12. The van der Waals surface area contributed by atoms with Crippen LogP contribution >= 0.6 is 0 Å². The summed E-state index contributed by atoms with van der Waals surface area (Å²) in [6.45, 7) is 6.76. The first-order valence-electron chi connectivity index (χ1n) is 7.53. The van der Waals surface area contributed by atoms with Gasteiger partial charge < -0.3 is 15.5 Å². The summed E-state index contributed by atoms with van der Waals surface area (Å²) >= 11 is 0. The van der Waals surface area contributed by atoms with E-state index in [-0.39, 0.29) is 5.91 Å². The number of amides is 1. The quantitative estimate of drug-likeness (QED) is 0.789. The van der Waals surface area contributed by atoms with Crippen molar-refractivity contribution in [3.63, 3.8) is 0 Å². The van der Waals surface area contributed by atoms with Crippen molar-refractivity contribution in [3.8, 4) is 0 Å². The van der Waals surface area contributed by atoms with Crippen molar-refractivity contribution in [3.05, 3.63) is 0 Å². The Morgan fingerprint density at radius 2 is 2.06 bits per heavy atom. The molecule has 1 amide bonds.